The number of nitrogens with zero attached hydrogens (tertiary/aromatic N) is 5. The first-order valence-electron chi connectivity index (χ1n) is 22.5. The monoisotopic (exact) mass is 1030 g/mol. The molecule has 66 heavy (non-hydrogen) atoms. The van der Waals surface area contributed by atoms with Gasteiger partial charge in [-0.05, 0) is 68.6 Å². The van der Waals surface area contributed by atoms with Gasteiger partial charge in [0.25, 0.3) is 0 Å². The van der Waals surface area contributed by atoms with E-state index in [0.717, 1.165) is 35.7 Å². The van der Waals surface area contributed by atoms with Gasteiger partial charge in [-0.25, -0.2) is 33.3 Å². The van der Waals surface area contributed by atoms with Crippen molar-refractivity contribution in [2.75, 3.05) is 11.5 Å². The van der Waals surface area contributed by atoms with Crippen LogP contribution in [0.15, 0.2) is 33.9 Å². The van der Waals surface area contributed by atoms with E-state index >= 15 is 0 Å². The molecule has 0 aliphatic carbocycles. The van der Waals surface area contributed by atoms with Crippen LogP contribution in [0.3, 0.4) is 0 Å². The molecule has 0 aromatic carbocycles. The molecule has 1 saturated heterocycles. The van der Waals surface area contributed by atoms with Gasteiger partial charge < -0.3 is 0 Å². The minimum Gasteiger partial charge on any atom is -0.250 e. The van der Waals surface area contributed by atoms with Crippen LogP contribution < -0.4 is 0 Å². The van der Waals surface area contributed by atoms with Gasteiger partial charge in [-0.3, -0.25) is 0 Å². The second kappa shape index (κ2) is 25.1. The number of hydrogen-bond donors (Lipinski definition) is 0. The minimum atomic E-state index is -4.31. The molecule has 0 unspecified atom stereocenters. The predicted octanol–water partition coefficient (Wildman–Crippen LogP) is 16.7. The Balaban J connectivity index is 0.000000398. The lowest BCUT2D eigenvalue weighted by Gasteiger charge is -2.28. The van der Waals surface area contributed by atoms with Gasteiger partial charge >= 0.3 is 6.18 Å². The number of halogens is 3. The van der Waals surface area contributed by atoms with Gasteiger partial charge in [-0.15, -0.1) is 56.7 Å². The zero-order valence-corrected chi connectivity index (χ0v) is 48.8. The first kappa shape index (κ1) is 61.9. The smallest absolute Gasteiger partial charge is 0.250 e. The van der Waals surface area contributed by atoms with Gasteiger partial charge in [0, 0.05) is 55.0 Å². The highest BCUT2D eigenvalue weighted by Crippen LogP contribution is 2.35. The molecule has 6 rings (SSSR count). The Labute approximate surface area is 418 Å². The largest absolute Gasteiger partial charge is 0.443 e. The zero-order chi connectivity index (χ0) is 51.3. The molecule has 0 saturated carbocycles. The fourth-order valence-electron chi connectivity index (χ4n) is 5.80. The molecule has 0 amide bonds. The number of aryl methyl sites for hydroxylation is 3. The van der Waals surface area contributed by atoms with Gasteiger partial charge in [0.2, 0.25) is 0 Å². The summed E-state index contributed by atoms with van der Waals surface area (Å²) >= 11 is 7.60. The summed E-state index contributed by atoms with van der Waals surface area (Å²) in [6.45, 7) is 44.7. The molecule has 5 aromatic heterocycles. The van der Waals surface area contributed by atoms with Crippen molar-refractivity contribution in [1.82, 2.24) is 24.9 Å². The fraction of sp³-hybridized carbons (Fsp3) is 0.700. The standard InChI is InChI=1S/C10H20O2S.C9H15NS.C8H10F3NS.2C8H13NS.C7H11NS/c1-10(2,3)8-9-4-6-13(11,12)7-5-9;1-7-10-8(6-11-7)5-9(2,3)4;1-7(2,3)5-4-13-6(12-5)8(9,10)11;1-6-9-7(5-10-6)8(2,3)4;1-6-9-5-7(10-6)8(2,3)4;1-7(2,3)6-8-4-5-9-6/h9H,4-8H2,1-3H3;6H,5H2,1-4H3;4H,1-3H3;2*5H,1-4H3;4-5H,1-3H3. The summed E-state index contributed by atoms with van der Waals surface area (Å²) in [6, 6.07) is 0. The van der Waals surface area contributed by atoms with E-state index in [4.69, 9.17) is 0 Å². The van der Waals surface area contributed by atoms with Gasteiger partial charge in [0.1, 0.15) is 9.84 Å². The highest BCUT2D eigenvalue weighted by molar-refractivity contribution is 7.91. The molecule has 0 spiro atoms. The molecule has 376 valence electrons. The van der Waals surface area contributed by atoms with Crippen LogP contribution >= 0.6 is 56.7 Å². The van der Waals surface area contributed by atoms with Crippen LogP contribution in [0.1, 0.15) is 191 Å². The van der Waals surface area contributed by atoms with Crippen molar-refractivity contribution in [1.29, 1.82) is 0 Å². The lowest BCUT2D eigenvalue weighted by atomic mass is 9.82. The average Bonchev–Trinajstić information content (AvgIpc) is 3.96. The van der Waals surface area contributed by atoms with Crippen molar-refractivity contribution in [3.8, 4) is 0 Å². The van der Waals surface area contributed by atoms with E-state index in [1.54, 1.807) is 45.3 Å². The number of thiazole rings is 5. The highest BCUT2D eigenvalue weighted by Gasteiger charge is 2.35. The van der Waals surface area contributed by atoms with E-state index in [0.29, 0.717) is 45.3 Å². The third-order valence-corrected chi connectivity index (χ3v) is 16.0. The van der Waals surface area contributed by atoms with Crippen molar-refractivity contribution in [2.24, 2.45) is 16.7 Å². The van der Waals surface area contributed by atoms with Crippen molar-refractivity contribution >= 4 is 66.5 Å². The van der Waals surface area contributed by atoms with Crippen LogP contribution in [0.2, 0.25) is 0 Å². The van der Waals surface area contributed by atoms with E-state index < -0.39 is 21.0 Å². The maximum absolute atomic E-state index is 12.1. The molecule has 1 fully saturated rings. The average molecular weight is 1030 g/mol. The van der Waals surface area contributed by atoms with E-state index in [-0.39, 0.29) is 21.7 Å². The Bertz CT molecular complexity index is 2130. The maximum atomic E-state index is 12.1. The number of rotatable bonds is 2. The Morgan fingerprint density at radius 1 is 0.576 bits per heavy atom. The number of alkyl halides is 3. The van der Waals surface area contributed by atoms with Gasteiger partial charge in [-0.2, -0.15) is 13.2 Å². The molecule has 0 atom stereocenters. The molecule has 16 heteroatoms. The topological polar surface area (TPSA) is 98.6 Å². The highest BCUT2D eigenvalue weighted by atomic mass is 32.2. The Kier molecular flexibility index (Phi) is 23.6. The normalized spacial score (nSPS) is 14.7. The van der Waals surface area contributed by atoms with E-state index in [1.807, 2.05) is 52.4 Å². The van der Waals surface area contributed by atoms with Crippen LogP contribution in [0.5, 0.6) is 0 Å². The SMILES string of the molecule is CC(C)(C)CC1CCS(=O)(=O)CC1.CC(C)(C)c1csc(C(F)(F)F)n1.CC(C)(C)c1nccs1.Cc1nc(C(C)(C)C)cs1.Cc1nc(CC(C)(C)C)cs1.Cc1ncc(C(C)(C)C)s1. The molecule has 6 heterocycles. The maximum Gasteiger partial charge on any atom is 0.443 e. The van der Waals surface area contributed by atoms with Crippen LogP contribution in [-0.4, -0.2) is 44.8 Å². The van der Waals surface area contributed by atoms with E-state index in [1.165, 1.54) is 31.7 Å². The first-order valence-corrected chi connectivity index (χ1v) is 28.6. The molecular weight excluding hydrogens is 952 g/mol. The zero-order valence-electron chi connectivity index (χ0n) is 43.9. The summed E-state index contributed by atoms with van der Waals surface area (Å²) in [6.07, 6.45) is 3.50. The van der Waals surface area contributed by atoms with Crippen LogP contribution in [0.4, 0.5) is 13.2 Å². The van der Waals surface area contributed by atoms with Crippen molar-refractivity contribution in [3.63, 3.8) is 0 Å². The number of hydrogen-bond acceptors (Lipinski definition) is 12. The second-order valence-corrected chi connectivity index (χ2v) is 30.7. The molecule has 1 aliphatic rings. The third-order valence-electron chi connectivity index (χ3n) is 9.29. The van der Waals surface area contributed by atoms with Crippen molar-refractivity contribution < 1.29 is 21.6 Å². The fourth-order valence-corrected chi connectivity index (χ4v) is 11.3. The molecular formula is C50H82F3N5O2S6. The molecule has 5 aromatic rings. The Hall–Kier alpha value is -2.11. The van der Waals surface area contributed by atoms with Crippen LogP contribution in [0.25, 0.3) is 0 Å². The van der Waals surface area contributed by atoms with Gasteiger partial charge in [-0.1, -0.05) is 125 Å². The predicted molar refractivity (Wildman–Crippen MR) is 283 cm³/mol. The molecule has 7 nitrogen and oxygen atoms in total. The lowest BCUT2D eigenvalue weighted by Crippen LogP contribution is -2.26. The lowest BCUT2D eigenvalue weighted by molar-refractivity contribution is -0.137. The minimum absolute atomic E-state index is 0.213. The summed E-state index contributed by atoms with van der Waals surface area (Å²) in [7, 11) is -2.67. The summed E-state index contributed by atoms with van der Waals surface area (Å²) < 4.78 is 58.7. The number of aromatic nitrogens is 5. The van der Waals surface area contributed by atoms with Crippen LogP contribution in [-0.2, 0) is 44.1 Å². The summed E-state index contributed by atoms with van der Waals surface area (Å²) in [5, 5.41) is 11.7. The molecule has 0 radical (unpaired) electrons. The second-order valence-electron chi connectivity index (χ2n) is 23.3. The van der Waals surface area contributed by atoms with Crippen LogP contribution in [0, 0.1) is 37.5 Å². The van der Waals surface area contributed by atoms with E-state index in [2.05, 4.69) is 146 Å². The van der Waals surface area contributed by atoms with E-state index in [9.17, 15) is 21.6 Å². The summed E-state index contributed by atoms with van der Waals surface area (Å²) in [5.74, 6) is 1.45. The summed E-state index contributed by atoms with van der Waals surface area (Å²) in [5.41, 5.74) is 4.02. The van der Waals surface area contributed by atoms with Gasteiger partial charge in [0.05, 0.1) is 48.6 Å². The molecule has 0 bridgehead atoms. The molecule has 0 N–H and O–H groups in total. The Morgan fingerprint density at radius 3 is 1.35 bits per heavy atom. The molecule has 1 aliphatic heterocycles. The summed E-state index contributed by atoms with van der Waals surface area (Å²) in [4.78, 5) is 22.1. The van der Waals surface area contributed by atoms with Gasteiger partial charge in [0.15, 0.2) is 5.01 Å². The quantitative estimate of drug-likeness (QED) is 0.174. The number of sulfone groups is 1. The third kappa shape index (κ3) is 26.6. The van der Waals surface area contributed by atoms with Crippen molar-refractivity contribution in [3.05, 3.63) is 80.9 Å². The van der Waals surface area contributed by atoms with Crippen molar-refractivity contribution in [2.45, 2.75) is 199 Å². The Morgan fingerprint density at radius 2 is 1.08 bits per heavy atom. The first-order chi connectivity index (χ1) is 29.6.